The van der Waals surface area contributed by atoms with Crippen molar-refractivity contribution in [2.24, 2.45) is 0 Å². The monoisotopic (exact) mass is 251 g/mol. The van der Waals surface area contributed by atoms with Gasteiger partial charge in [-0.1, -0.05) is 25.8 Å². The van der Waals surface area contributed by atoms with E-state index in [1.807, 2.05) is 0 Å². The lowest BCUT2D eigenvalue weighted by Gasteiger charge is -2.06. The van der Waals surface area contributed by atoms with Gasteiger partial charge in [-0.15, -0.1) is 0 Å². The van der Waals surface area contributed by atoms with E-state index in [-0.39, 0.29) is 16.9 Å². The summed E-state index contributed by atoms with van der Waals surface area (Å²) in [5.41, 5.74) is 5.20. The summed E-state index contributed by atoms with van der Waals surface area (Å²) in [6, 6.07) is 4.35. The molecule has 6 nitrogen and oxygen atoms in total. The number of hydrogen-bond acceptors (Lipinski definition) is 4. The van der Waals surface area contributed by atoms with Gasteiger partial charge < -0.3 is 11.1 Å². The molecule has 98 valence electrons. The van der Waals surface area contributed by atoms with Crippen LogP contribution in [0.2, 0.25) is 0 Å². The number of nitrogens with two attached hydrogens (primary N) is 1. The highest BCUT2D eigenvalue weighted by Gasteiger charge is 2.22. The number of anilines is 1. The van der Waals surface area contributed by atoms with Gasteiger partial charge in [-0.25, -0.2) is 0 Å². The molecule has 18 heavy (non-hydrogen) atoms. The lowest BCUT2D eigenvalue weighted by atomic mass is 10.1. The second-order valence-electron chi connectivity index (χ2n) is 3.96. The number of benzene rings is 1. The van der Waals surface area contributed by atoms with Crippen LogP contribution in [0.25, 0.3) is 0 Å². The molecule has 0 heterocycles. The van der Waals surface area contributed by atoms with E-state index < -0.39 is 10.8 Å². The van der Waals surface area contributed by atoms with Gasteiger partial charge in [0.1, 0.15) is 11.3 Å². The number of nitrogens with one attached hydrogen (secondary N) is 1. The van der Waals surface area contributed by atoms with Crippen LogP contribution >= 0.6 is 0 Å². The van der Waals surface area contributed by atoms with Gasteiger partial charge in [-0.05, 0) is 18.6 Å². The highest BCUT2D eigenvalue weighted by Crippen LogP contribution is 2.25. The molecule has 6 heteroatoms. The minimum Gasteiger partial charge on any atom is -0.393 e. The van der Waals surface area contributed by atoms with Crippen LogP contribution in [0.4, 0.5) is 11.4 Å². The first-order valence-electron chi connectivity index (χ1n) is 5.89. The van der Waals surface area contributed by atoms with Gasteiger partial charge in [0.15, 0.2) is 0 Å². The molecule has 0 saturated heterocycles. The summed E-state index contributed by atoms with van der Waals surface area (Å²) in [5.74, 6) is -0.454. The Morgan fingerprint density at radius 2 is 2.17 bits per heavy atom. The number of carbonyl (C=O) groups excluding carboxylic acids is 1. The summed E-state index contributed by atoms with van der Waals surface area (Å²) < 4.78 is 0. The maximum atomic E-state index is 11.8. The zero-order valence-corrected chi connectivity index (χ0v) is 10.3. The van der Waals surface area contributed by atoms with E-state index >= 15 is 0 Å². The van der Waals surface area contributed by atoms with Crippen molar-refractivity contribution in [3.8, 4) is 0 Å². The third-order valence-electron chi connectivity index (χ3n) is 2.56. The lowest BCUT2D eigenvalue weighted by molar-refractivity contribution is -0.384. The van der Waals surface area contributed by atoms with Crippen molar-refractivity contribution in [3.05, 3.63) is 33.9 Å². The van der Waals surface area contributed by atoms with Gasteiger partial charge >= 0.3 is 5.69 Å². The Morgan fingerprint density at radius 1 is 1.44 bits per heavy atom. The fourth-order valence-corrected chi connectivity index (χ4v) is 1.62. The van der Waals surface area contributed by atoms with E-state index in [2.05, 4.69) is 12.2 Å². The molecule has 0 saturated carbocycles. The minimum absolute atomic E-state index is 0.00112. The number of nitrogens with zero attached hydrogens (tertiary/aromatic N) is 1. The van der Waals surface area contributed by atoms with E-state index in [1.54, 1.807) is 0 Å². The predicted octanol–water partition coefficient (Wildman–Crippen LogP) is 2.10. The van der Waals surface area contributed by atoms with Crippen LogP contribution < -0.4 is 11.1 Å². The number of nitro benzene ring substituents is 1. The molecule has 1 aromatic carbocycles. The molecule has 3 N–H and O–H groups in total. The quantitative estimate of drug-likeness (QED) is 0.350. The number of nitro groups is 1. The van der Waals surface area contributed by atoms with Crippen molar-refractivity contribution in [2.75, 3.05) is 12.3 Å². The van der Waals surface area contributed by atoms with Gasteiger partial charge in [0.25, 0.3) is 5.91 Å². The first-order valence-corrected chi connectivity index (χ1v) is 5.89. The second-order valence-corrected chi connectivity index (χ2v) is 3.96. The van der Waals surface area contributed by atoms with Gasteiger partial charge in [-0.3, -0.25) is 14.9 Å². The Balaban J connectivity index is 2.79. The number of carbonyl (C=O) groups is 1. The average molecular weight is 251 g/mol. The summed E-state index contributed by atoms with van der Waals surface area (Å²) in [7, 11) is 0. The summed E-state index contributed by atoms with van der Waals surface area (Å²) in [4.78, 5) is 22.1. The highest BCUT2D eigenvalue weighted by molar-refractivity contribution is 6.00. The van der Waals surface area contributed by atoms with Crippen molar-refractivity contribution in [2.45, 2.75) is 26.2 Å². The fourth-order valence-electron chi connectivity index (χ4n) is 1.62. The Morgan fingerprint density at radius 3 is 2.78 bits per heavy atom. The molecule has 0 aromatic heterocycles. The first kappa shape index (κ1) is 14.0. The third-order valence-corrected chi connectivity index (χ3v) is 2.56. The molecule has 1 aromatic rings. The molecule has 0 fully saturated rings. The fraction of sp³-hybridized carbons (Fsp3) is 0.417. The number of para-hydroxylation sites is 1. The second kappa shape index (κ2) is 6.58. The zero-order chi connectivity index (χ0) is 13.5. The van der Waals surface area contributed by atoms with E-state index in [1.165, 1.54) is 18.2 Å². The van der Waals surface area contributed by atoms with Crippen LogP contribution in [0.3, 0.4) is 0 Å². The van der Waals surface area contributed by atoms with Crippen molar-refractivity contribution in [1.29, 1.82) is 0 Å². The normalized spacial score (nSPS) is 10.1. The SMILES string of the molecule is CCCCCNC(=O)c1cccc(N)c1[N+](=O)[O-]. The topological polar surface area (TPSA) is 98.3 Å². The van der Waals surface area contributed by atoms with Gasteiger partial charge in [0.2, 0.25) is 0 Å². The molecule has 1 rings (SSSR count). The van der Waals surface area contributed by atoms with Crippen LogP contribution in [-0.2, 0) is 0 Å². The number of unbranched alkanes of at least 4 members (excludes halogenated alkanes) is 2. The van der Waals surface area contributed by atoms with E-state index in [4.69, 9.17) is 5.73 Å². The lowest BCUT2D eigenvalue weighted by Crippen LogP contribution is -2.25. The number of nitrogen functional groups attached to an aromatic ring is 1. The number of amides is 1. The molecular formula is C12H17N3O3. The molecular weight excluding hydrogens is 234 g/mol. The largest absolute Gasteiger partial charge is 0.393 e. The van der Waals surface area contributed by atoms with E-state index in [9.17, 15) is 14.9 Å². The van der Waals surface area contributed by atoms with Gasteiger partial charge in [-0.2, -0.15) is 0 Å². The predicted molar refractivity (Wildman–Crippen MR) is 69.4 cm³/mol. The van der Waals surface area contributed by atoms with Crippen LogP contribution in [0.1, 0.15) is 36.5 Å². The van der Waals surface area contributed by atoms with Gasteiger partial charge in [0, 0.05) is 6.54 Å². The maximum Gasteiger partial charge on any atom is 0.304 e. The highest BCUT2D eigenvalue weighted by atomic mass is 16.6. The smallest absolute Gasteiger partial charge is 0.304 e. The minimum atomic E-state index is -0.629. The van der Waals surface area contributed by atoms with Crippen molar-refractivity contribution in [3.63, 3.8) is 0 Å². The van der Waals surface area contributed by atoms with Gasteiger partial charge in [0.05, 0.1) is 4.92 Å². The first-order chi connectivity index (χ1) is 8.57. The van der Waals surface area contributed by atoms with Crippen LogP contribution in [0.15, 0.2) is 18.2 Å². The van der Waals surface area contributed by atoms with Crippen LogP contribution in [0, 0.1) is 10.1 Å². The van der Waals surface area contributed by atoms with E-state index in [0.717, 1.165) is 19.3 Å². The third kappa shape index (κ3) is 3.44. The van der Waals surface area contributed by atoms with Crippen molar-refractivity contribution >= 4 is 17.3 Å². The maximum absolute atomic E-state index is 11.8. The molecule has 0 aliphatic heterocycles. The summed E-state index contributed by atoms with van der Waals surface area (Å²) in [6.07, 6.45) is 2.92. The van der Waals surface area contributed by atoms with E-state index in [0.29, 0.717) is 6.54 Å². The molecule has 0 aliphatic rings. The number of hydrogen-bond donors (Lipinski definition) is 2. The Bertz CT molecular complexity index is 446. The molecule has 0 bridgehead atoms. The molecule has 1 amide bonds. The van der Waals surface area contributed by atoms with Crippen molar-refractivity contribution < 1.29 is 9.72 Å². The van der Waals surface area contributed by atoms with Crippen molar-refractivity contribution in [1.82, 2.24) is 5.32 Å². The molecule has 0 radical (unpaired) electrons. The van der Waals surface area contributed by atoms with Crippen LogP contribution in [-0.4, -0.2) is 17.4 Å². The summed E-state index contributed by atoms with van der Waals surface area (Å²) in [6.45, 7) is 2.57. The molecule has 0 unspecified atom stereocenters. The Kier molecular flexibility index (Phi) is 5.10. The molecule has 0 aliphatic carbocycles. The van der Waals surface area contributed by atoms with Crippen LogP contribution in [0.5, 0.6) is 0 Å². The standard InChI is InChI=1S/C12H17N3O3/c1-2-3-4-8-14-12(16)9-6-5-7-10(13)11(9)15(17)18/h5-7H,2-4,8,13H2,1H3,(H,14,16). The zero-order valence-electron chi connectivity index (χ0n) is 10.3. The summed E-state index contributed by atoms with van der Waals surface area (Å²) >= 11 is 0. The average Bonchev–Trinajstić information content (AvgIpc) is 2.33. The number of rotatable bonds is 6. The Labute approximate surface area is 105 Å². The molecule has 0 spiro atoms. The Hall–Kier alpha value is -2.11. The summed E-state index contributed by atoms with van der Waals surface area (Å²) in [5, 5.41) is 13.5. The molecule has 0 atom stereocenters.